The first-order valence-electron chi connectivity index (χ1n) is 6.66. The van der Waals surface area contributed by atoms with Crippen LogP contribution in [-0.4, -0.2) is 13.0 Å². The maximum Gasteiger partial charge on any atom is 0.338 e. The Morgan fingerprint density at radius 3 is 2.64 bits per heavy atom. The third-order valence-electron chi connectivity index (χ3n) is 3.25. The highest BCUT2D eigenvalue weighted by Gasteiger charge is 2.14. The van der Waals surface area contributed by atoms with Gasteiger partial charge in [0.2, 0.25) is 0 Å². The van der Waals surface area contributed by atoms with E-state index in [9.17, 15) is 9.59 Å². The van der Waals surface area contributed by atoms with Crippen LogP contribution in [0.25, 0.3) is 11.0 Å². The van der Waals surface area contributed by atoms with E-state index >= 15 is 0 Å². The predicted octanol–water partition coefficient (Wildman–Crippen LogP) is 3.05. The molecule has 0 aliphatic carbocycles. The zero-order valence-electron chi connectivity index (χ0n) is 11.8. The molecule has 1 aromatic heterocycles. The summed E-state index contributed by atoms with van der Waals surface area (Å²) >= 11 is 0. The Labute approximate surface area is 126 Å². The number of ether oxygens (including phenoxy) is 1. The van der Waals surface area contributed by atoms with Crippen LogP contribution in [0.5, 0.6) is 5.75 Å². The fraction of sp³-hybridized carbons (Fsp3) is 0.0588. The van der Waals surface area contributed by atoms with Crippen LogP contribution in [0.3, 0.4) is 0 Å². The number of nitrogens with one attached hydrogen (secondary N) is 1. The monoisotopic (exact) mass is 295 g/mol. The van der Waals surface area contributed by atoms with E-state index in [1.165, 1.54) is 13.2 Å². The standard InChI is InChI=1S/C17H13NO4/c1-21-14-8-4-3-7-12(14)17(20)18-13-10-16(19)22-15-9-5-2-6-11(13)15/h2-10H,1H3,(H,18,20). The lowest BCUT2D eigenvalue weighted by molar-refractivity contribution is 0.102. The molecule has 0 aliphatic heterocycles. The molecule has 1 N–H and O–H groups in total. The predicted molar refractivity (Wildman–Crippen MR) is 83.4 cm³/mol. The van der Waals surface area contributed by atoms with Gasteiger partial charge in [0.25, 0.3) is 5.91 Å². The molecule has 0 saturated carbocycles. The molecule has 0 atom stereocenters. The highest BCUT2D eigenvalue weighted by molar-refractivity contribution is 6.09. The van der Waals surface area contributed by atoms with E-state index in [2.05, 4.69) is 5.32 Å². The number of methoxy groups -OCH3 is 1. The molecule has 1 amide bonds. The first kappa shape index (κ1) is 13.9. The van der Waals surface area contributed by atoms with Crippen LogP contribution >= 0.6 is 0 Å². The van der Waals surface area contributed by atoms with E-state index in [1.807, 2.05) is 0 Å². The van der Waals surface area contributed by atoms with Crippen molar-refractivity contribution >= 4 is 22.6 Å². The van der Waals surface area contributed by atoms with Crippen LogP contribution < -0.4 is 15.7 Å². The molecule has 110 valence electrons. The minimum absolute atomic E-state index is 0.354. The molecule has 5 nitrogen and oxygen atoms in total. The lowest BCUT2D eigenvalue weighted by Crippen LogP contribution is -2.14. The summed E-state index contributed by atoms with van der Waals surface area (Å²) in [6.07, 6.45) is 0. The number of amides is 1. The van der Waals surface area contributed by atoms with Crippen LogP contribution in [0.2, 0.25) is 0 Å². The van der Waals surface area contributed by atoms with E-state index < -0.39 is 5.63 Å². The van der Waals surface area contributed by atoms with Crippen LogP contribution in [0.4, 0.5) is 5.69 Å². The normalized spacial score (nSPS) is 10.4. The van der Waals surface area contributed by atoms with Crippen LogP contribution in [0, 0.1) is 0 Å². The van der Waals surface area contributed by atoms with Crippen molar-refractivity contribution in [2.24, 2.45) is 0 Å². The molecule has 3 aromatic rings. The number of para-hydroxylation sites is 2. The molecule has 0 fully saturated rings. The van der Waals surface area contributed by atoms with Gasteiger partial charge in [-0.2, -0.15) is 0 Å². The van der Waals surface area contributed by atoms with Crippen molar-refractivity contribution in [3.63, 3.8) is 0 Å². The zero-order valence-corrected chi connectivity index (χ0v) is 11.8. The van der Waals surface area contributed by atoms with Gasteiger partial charge in [0, 0.05) is 11.5 Å². The van der Waals surface area contributed by atoms with Gasteiger partial charge >= 0.3 is 5.63 Å². The zero-order chi connectivity index (χ0) is 15.5. The second kappa shape index (κ2) is 5.73. The summed E-state index contributed by atoms with van der Waals surface area (Å²) in [6, 6.07) is 15.2. The molecule has 0 radical (unpaired) electrons. The minimum atomic E-state index is -0.519. The molecular formula is C17H13NO4. The summed E-state index contributed by atoms with van der Waals surface area (Å²) in [5.74, 6) is 0.112. The number of anilines is 1. The molecule has 0 spiro atoms. The molecule has 2 aromatic carbocycles. The third-order valence-corrected chi connectivity index (χ3v) is 3.25. The van der Waals surface area contributed by atoms with Gasteiger partial charge in [0.1, 0.15) is 11.3 Å². The first-order chi connectivity index (χ1) is 10.7. The second-order valence-electron chi connectivity index (χ2n) is 4.63. The van der Waals surface area contributed by atoms with Crippen molar-refractivity contribution < 1.29 is 13.9 Å². The molecule has 3 rings (SSSR count). The second-order valence-corrected chi connectivity index (χ2v) is 4.63. The van der Waals surface area contributed by atoms with Gasteiger partial charge < -0.3 is 14.5 Å². The molecule has 1 heterocycles. The summed E-state index contributed by atoms with van der Waals surface area (Å²) in [5, 5.41) is 3.40. The van der Waals surface area contributed by atoms with Crippen molar-refractivity contribution in [3.05, 3.63) is 70.6 Å². The van der Waals surface area contributed by atoms with Crippen LogP contribution in [-0.2, 0) is 0 Å². The number of rotatable bonds is 3. The third kappa shape index (κ3) is 2.56. The van der Waals surface area contributed by atoms with Gasteiger partial charge in [0.05, 0.1) is 18.4 Å². The number of carbonyl (C=O) groups excluding carboxylic acids is 1. The van der Waals surface area contributed by atoms with E-state index in [0.717, 1.165) is 0 Å². The largest absolute Gasteiger partial charge is 0.496 e. The molecule has 5 heteroatoms. The van der Waals surface area contributed by atoms with Crippen LogP contribution in [0.1, 0.15) is 10.4 Å². The highest BCUT2D eigenvalue weighted by atomic mass is 16.5. The van der Waals surface area contributed by atoms with Crippen LogP contribution in [0.15, 0.2) is 63.8 Å². The molecule has 0 bridgehead atoms. The summed E-state index contributed by atoms with van der Waals surface area (Å²) in [6.45, 7) is 0. The van der Waals surface area contributed by atoms with Crippen molar-refractivity contribution in [2.45, 2.75) is 0 Å². The average molecular weight is 295 g/mol. The van der Waals surface area contributed by atoms with Crippen molar-refractivity contribution in [1.29, 1.82) is 0 Å². The van der Waals surface area contributed by atoms with Gasteiger partial charge in [0.15, 0.2) is 0 Å². The lowest BCUT2D eigenvalue weighted by Gasteiger charge is -2.10. The Balaban J connectivity index is 2.03. The number of hydrogen-bond donors (Lipinski definition) is 1. The number of hydrogen-bond acceptors (Lipinski definition) is 4. The molecule has 0 saturated heterocycles. The fourth-order valence-corrected chi connectivity index (χ4v) is 2.24. The van der Waals surface area contributed by atoms with Crippen molar-refractivity contribution in [1.82, 2.24) is 0 Å². The summed E-state index contributed by atoms with van der Waals surface area (Å²) in [5.41, 5.74) is 0.699. The van der Waals surface area contributed by atoms with E-state index in [1.54, 1.807) is 48.5 Å². The van der Waals surface area contributed by atoms with E-state index in [0.29, 0.717) is 28.0 Å². The maximum atomic E-state index is 12.4. The van der Waals surface area contributed by atoms with E-state index in [-0.39, 0.29) is 5.91 Å². The van der Waals surface area contributed by atoms with Crippen molar-refractivity contribution in [2.75, 3.05) is 12.4 Å². The quantitative estimate of drug-likeness (QED) is 0.754. The lowest BCUT2D eigenvalue weighted by atomic mass is 10.1. The Hall–Kier alpha value is -3.08. The van der Waals surface area contributed by atoms with Gasteiger partial charge in [-0.1, -0.05) is 24.3 Å². The molecule has 0 unspecified atom stereocenters. The summed E-state index contributed by atoms with van der Waals surface area (Å²) in [4.78, 5) is 24.0. The maximum absolute atomic E-state index is 12.4. The fourth-order valence-electron chi connectivity index (χ4n) is 2.24. The Kier molecular flexibility index (Phi) is 3.62. The minimum Gasteiger partial charge on any atom is -0.496 e. The highest BCUT2D eigenvalue weighted by Crippen LogP contribution is 2.23. The van der Waals surface area contributed by atoms with Crippen molar-refractivity contribution in [3.8, 4) is 5.75 Å². The number of carbonyl (C=O) groups is 1. The summed E-state index contributed by atoms with van der Waals surface area (Å²) in [7, 11) is 1.50. The molecule has 0 aliphatic rings. The van der Waals surface area contributed by atoms with Gasteiger partial charge in [-0.25, -0.2) is 4.79 Å². The first-order valence-corrected chi connectivity index (χ1v) is 6.66. The Bertz CT molecular complexity index is 898. The molecular weight excluding hydrogens is 282 g/mol. The Morgan fingerprint density at radius 2 is 1.82 bits per heavy atom. The number of benzene rings is 2. The number of fused-ring (bicyclic) bond motifs is 1. The smallest absolute Gasteiger partial charge is 0.338 e. The van der Waals surface area contributed by atoms with Gasteiger partial charge in [-0.3, -0.25) is 4.79 Å². The van der Waals surface area contributed by atoms with Gasteiger partial charge in [-0.15, -0.1) is 0 Å². The SMILES string of the molecule is COc1ccccc1C(=O)Nc1cc(=O)oc2ccccc12. The summed E-state index contributed by atoms with van der Waals surface area (Å²) < 4.78 is 10.3. The average Bonchev–Trinajstić information content (AvgIpc) is 2.54. The Morgan fingerprint density at radius 1 is 1.09 bits per heavy atom. The molecule has 22 heavy (non-hydrogen) atoms. The van der Waals surface area contributed by atoms with Gasteiger partial charge in [-0.05, 0) is 24.3 Å². The topological polar surface area (TPSA) is 68.5 Å². The van der Waals surface area contributed by atoms with E-state index in [4.69, 9.17) is 9.15 Å².